The molecule has 0 heterocycles. The number of fused-ring (bicyclic) bond motifs is 2. The van der Waals surface area contributed by atoms with Crippen molar-refractivity contribution in [3.8, 4) is 11.5 Å². The molecule has 0 aliphatic heterocycles. The molecule has 170 valence electrons. The number of hydrogen-bond acceptors (Lipinski definition) is 4. The van der Waals surface area contributed by atoms with Crippen molar-refractivity contribution in [3.63, 3.8) is 0 Å². The first-order valence-electron chi connectivity index (χ1n) is 11.3. The molecule has 2 atom stereocenters. The number of carboxylic acid groups (broad SMARTS) is 1. The Bertz CT molecular complexity index is 989. The van der Waals surface area contributed by atoms with Gasteiger partial charge in [-0.25, -0.2) is 4.79 Å². The highest BCUT2D eigenvalue weighted by Crippen LogP contribution is 2.46. The maximum absolute atomic E-state index is 13.1. The highest BCUT2D eigenvalue weighted by Gasteiger charge is 2.49. The number of benzene rings is 2. The maximum Gasteiger partial charge on any atom is 0.329 e. The van der Waals surface area contributed by atoms with Crippen LogP contribution in [0.1, 0.15) is 53.6 Å². The van der Waals surface area contributed by atoms with Crippen molar-refractivity contribution in [1.29, 1.82) is 0 Å². The Morgan fingerprint density at radius 2 is 1.84 bits per heavy atom. The molecule has 2 unspecified atom stereocenters. The molecule has 2 N–H and O–H groups in total. The zero-order chi connectivity index (χ0) is 22.7. The van der Waals surface area contributed by atoms with Gasteiger partial charge in [0.1, 0.15) is 5.54 Å². The zero-order valence-electron chi connectivity index (χ0n) is 18.7. The van der Waals surface area contributed by atoms with Gasteiger partial charge in [-0.2, -0.15) is 0 Å². The summed E-state index contributed by atoms with van der Waals surface area (Å²) in [6.45, 7) is 2.49. The van der Waals surface area contributed by atoms with Crippen LogP contribution >= 0.6 is 0 Å². The van der Waals surface area contributed by atoms with Crippen LogP contribution in [0.25, 0.3) is 0 Å². The van der Waals surface area contributed by atoms with Crippen LogP contribution < -0.4 is 14.8 Å². The molecule has 2 aliphatic carbocycles. The molecule has 0 spiro atoms. The van der Waals surface area contributed by atoms with Crippen LogP contribution in [0, 0.1) is 18.8 Å². The molecule has 2 aromatic rings. The summed E-state index contributed by atoms with van der Waals surface area (Å²) in [5, 5.41) is 12.8. The largest absolute Gasteiger partial charge is 0.493 e. The Hall–Kier alpha value is -3.02. The Balaban J connectivity index is 1.47. The lowest BCUT2D eigenvalue weighted by molar-refractivity contribution is -0.147. The molecule has 0 radical (unpaired) electrons. The molecule has 0 aromatic heterocycles. The predicted octanol–water partition coefficient (Wildman–Crippen LogP) is 4.39. The van der Waals surface area contributed by atoms with Gasteiger partial charge < -0.3 is 19.9 Å². The van der Waals surface area contributed by atoms with Crippen molar-refractivity contribution < 1.29 is 24.2 Å². The molecular weight excluding hydrogens is 406 g/mol. The minimum Gasteiger partial charge on any atom is -0.493 e. The van der Waals surface area contributed by atoms with Crippen molar-refractivity contribution in [2.24, 2.45) is 11.8 Å². The van der Waals surface area contributed by atoms with E-state index < -0.39 is 11.5 Å². The Morgan fingerprint density at radius 3 is 2.50 bits per heavy atom. The normalized spacial score (nSPS) is 24.1. The van der Waals surface area contributed by atoms with Crippen molar-refractivity contribution >= 4 is 11.9 Å². The lowest BCUT2D eigenvalue weighted by atomic mass is 9.75. The fourth-order valence-corrected chi connectivity index (χ4v) is 5.32. The molecule has 4 rings (SSSR count). The third kappa shape index (κ3) is 4.74. The van der Waals surface area contributed by atoms with Gasteiger partial charge in [0.2, 0.25) is 0 Å². The number of carbonyl (C=O) groups is 2. The summed E-state index contributed by atoms with van der Waals surface area (Å²) in [4.78, 5) is 25.2. The van der Waals surface area contributed by atoms with Gasteiger partial charge in [-0.05, 0) is 61.8 Å². The summed E-state index contributed by atoms with van der Waals surface area (Å²) < 4.78 is 11.3. The number of nitrogens with one attached hydrogen (secondary N) is 1. The number of carboxylic acids is 1. The van der Waals surface area contributed by atoms with Crippen LogP contribution in [0.4, 0.5) is 0 Å². The van der Waals surface area contributed by atoms with E-state index in [1.54, 1.807) is 25.3 Å². The van der Waals surface area contributed by atoms with Gasteiger partial charge in [-0.15, -0.1) is 0 Å². The Labute approximate surface area is 188 Å². The number of aliphatic carboxylic acids is 1. The van der Waals surface area contributed by atoms with Gasteiger partial charge in [0.25, 0.3) is 5.91 Å². The first-order valence-corrected chi connectivity index (χ1v) is 11.3. The van der Waals surface area contributed by atoms with Crippen molar-refractivity contribution in [3.05, 3.63) is 59.2 Å². The molecule has 32 heavy (non-hydrogen) atoms. The van der Waals surface area contributed by atoms with Crippen LogP contribution in [-0.2, 0) is 11.2 Å². The Morgan fingerprint density at radius 1 is 1.09 bits per heavy atom. The third-order valence-corrected chi connectivity index (χ3v) is 6.84. The SMILES string of the molecule is COc1ccc(C(=O)NC2(C(=O)O)CC3CCC(C3)C2)cc1OCCc1cccc(C)c1. The number of amides is 1. The number of methoxy groups -OCH3 is 1. The fourth-order valence-electron chi connectivity index (χ4n) is 5.32. The van der Waals surface area contributed by atoms with E-state index in [4.69, 9.17) is 9.47 Å². The van der Waals surface area contributed by atoms with Crippen molar-refractivity contribution in [1.82, 2.24) is 5.32 Å². The lowest BCUT2D eigenvalue weighted by Crippen LogP contribution is -2.57. The molecule has 1 amide bonds. The summed E-state index contributed by atoms with van der Waals surface area (Å²) in [7, 11) is 1.56. The smallest absolute Gasteiger partial charge is 0.329 e. The molecular formula is C26H31NO5. The third-order valence-electron chi connectivity index (χ3n) is 6.84. The summed E-state index contributed by atoms with van der Waals surface area (Å²) in [5.74, 6) is 0.434. The number of ether oxygens (including phenoxy) is 2. The number of aryl methyl sites for hydroxylation is 1. The van der Waals surface area contributed by atoms with Crippen LogP contribution in [0.15, 0.2) is 42.5 Å². The number of carbonyl (C=O) groups excluding carboxylic acids is 1. The van der Waals surface area contributed by atoms with E-state index in [9.17, 15) is 14.7 Å². The van der Waals surface area contributed by atoms with Crippen molar-refractivity contribution in [2.75, 3.05) is 13.7 Å². The summed E-state index contributed by atoms with van der Waals surface area (Å²) >= 11 is 0. The second-order valence-corrected chi connectivity index (χ2v) is 9.25. The van der Waals surface area contributed by atoms with E-state index >= 15 is 0 Å². The summed E-state index contributed by atoms with van der Waals surface area (Å²) in [6.07, 6.45) is 4.91. The highest BCUT2D eigenvalue weighted by molar-refractivity contribution is 5.98. The van der Waals surface area contributed by atoms with Gasteiger partial charge in [-0.1, -0.05) is 42.7 Å². The molecule has 2 saturated carbocycles. The van der Waals surface area contributed by atoms with Gasteiger partial charge in [0.05, 0.1) is 13.7 Å². The second kappa shape index (κ2) is 9.23. The number of hydrogen-bond donors (Lipinski definition) is 2. The molecule has 2 aromatic carbocycles. The summed E-state index contributed by atoms with van der Waals surface area (Å²) in [6, 6.07) is 13.2. The van der Waals surface area contributed by atoms with Crippen LogP contribution in [0.3, 0.4) is 0 Å². The predicted molar refractivity (Wildman–Crippen MR) is 121 cm³/mol. The summed E-state index contributed by atoms with van der Waals surface area (Å²) in [5.41, 5.74) is 1.55. The monoisotopic (exact) mass is 437 g/mol. The average Bonchev–Trinajstić information content (AvgIpc) is 3.12. The molecule has 6 nitrogen and oxygen atoms in total. The maximum atomic E-state index is 13.1. The Kier molecular flexibility index (Phi) is 6.40. The standard InChI is InChI=1S/C26H31NO5/c1-17-4-3-5-18(12-17)10-11-32-23-14-21(8-9-22(23)31-2)24(28)27-26(25(29)30)15-19-6-7-20(13-19)16-26/h3-5,8-9,12,14,19-20H,6-7,10-11,13,15-16H2,1-2H3,(H,27,28)(H,29,30). The van der Waals surface area contributed by atoms with Crippen LogP contribution in [-0.4, -0.2) is 36.2 Å². The van der Waals surface area contributed by atoms with Gasteiger partial charge in [0.15, 0.2) is 11.5 Å². The zero-order valence-corrected chi connectivity index (χ0v) is 18.7. The van der Waals surface area contributed by atoms with E-state index in [-0.39, 0.29) is 5.91 Å². The first kappa shape index (κ1) is 22.2. The molecule has 2 aliphatic rings. The second-order valence-electron chi connectivity index (χ2n) is 9.25. The van der Waals surface area contributed by atoms with Gasteiger partial charge in [-0.3, -0.25) is 4.79 Å². The highest BCUT2D eigenvalue weighted by atomic mass is 16.5. The molecule has 2 bridgehead atoms. The van der Waals surface area contributed by atoms with E-state index in [0.29, 0.717) is 48.3 Å². The average molecular weight is 438 g/mol. The van der Waals surface area contributed by atoms with E-state index in [1.165, 1.54) is 11.1 Å². The molecule has 2 fully saturated rings. The minimum absolute atomic E-state index is 0.370. The van der Waals surface area contributed by atoms with E-state index in [2.05, 4.69) is 30.4 Å². The van der Waals surface area contributed by atoms with Gasteiger partial charge in [0, 0.05) is 12.0 Å². The quantitative estimate of drug-likeness (QED) is 0.640. The van der Waals surface area contributed by atoms with Crippen LogP contribution in [0.2, 0.25) is 0 Å². The minimum atomic E-state index is -1.19. The van der Waals surface area contributed by atoms with E-state index in [1.807, 2.05) is 6.07 Å². The van der Waals surface area contributed by atoms with Gasteiger partial charge >= 0.3 is 5.97 Å². The first-order chi connectivity index (χ1) is 15.4. The molecule has 6 heteroatoms. The lowest BCUT2D eigenvalue weighted by Gasteiger charge is -2.37. The fraction of sp³-hybridized carbons (Fsp3) is 0.462. The van der Waals surface area contributed by atoms with Crippen molar-refractivity contribution in [2.45, 2.75) is 51.0 Å². The van der Waals surface area contributed by atoms with E-state index in [0.717, 1.165) is 25.7 Å². The molecule has 0 saturated heterocycles. The topological polar surface area (TPSA) is 84.9 Å². The van der Waals surface area contributed by atoms with Crippen LogP contribution in [0.5, 0.6) is 11.5 Å². The number of rotatable bonds is 8.